The Balaban J connectivity index is 2.87. The summed E-state index contributed by atoms with van der Waals surface area (Å²) in [7, 11) is 3.18. The van der Waals surface area contributed by atoms with Crippen LogP contribution in [0, 0.1) is 11.3 Å². The smallest absolute Gasteiger partial charge is 0.183 e. The van der Waals surface area contributed by atoms with Crippen molar-refractivity contribution in [3.63, 3.8) is 0 Å². The number of hydrogen-bond donors (Lipinski definition) is 0. The van der Waals surface area contributed by atoms with Crippen molar-refractivity contribution in [3.05, 3.63) is 35.4 Å². The van der Waals surface area contributed by atoms with Crippen molar-refractivity contribution in [1.29, 1.82) is 5.26 Å². The van der Waals surface area contributed by atoms with Crippen LogP contribution in [0.1, 0.15) is 17.4 Å². The summed E-state index contributed by atoms with van der Waals surface area (Å²) in [5.74, 6) is 0. The predicted octanol–water partition coefficient (Wildman–Crippen LogP) is 2.04. The predicted molar refractivity (Wildman–Crippen MR) is 52.5 cm³/mol. The molecule has 0 bridgehead atoms. The normalized spacial score (nSPS) is 10.1. The van der Waals surface area contributed by atoms with Gasteiger partial charge in [-0.25, -0.2) is 0 Å². The van der Waals surface area contributed by atoms with Gasteiger partial charge in [-0.3, -0.25) is 0 Å². The number of nitriles is 1. The Kier molecular flexibility index (Phi) is 4.11. The first-order chi connectivity index (χ1) is 6.81. The second-order valence-electron chi connectivity index (χ2n) is 2.88. The summed E-state index contributed by atoms with van der Waals surface area (Å²) in [6.45, 7) is 0. The number of rotatable bonds is 4. The van der Waals surface area contributed by atoms with Crippen molar-refractivity contribution < 1.29 is 9.47 Å². The third-order valence-electron chi connectivity index (χ3n) is 1.93. The summed E-state index contributed by atoms with van der Waals surface area (Å²) < 4.78 is 10.2. The van der Waals surface area contributed by atoms with Crippen LogP contribution in [0.4, 0.5) is 0 Å². The van der Waals surface area contributed by atoms with Gasteiger partial charge in [-0.2, -0.15) is 5.26 Å². The Hall–Kier alpha value is -1.37. The van der Waals surface area contributed by atoms with Crippen LogP contribution < -0.4 is 0 Å². The average Bonchev–Trinajstić information content (AvgIpc) is 2.21. The van der Waals surface area contributed by atoms with Crippen LogP contribution in [0.3, 0.4) is 0 Å². The molecule has 0 heterocycles. The largest absolute Gasteiger partial charge is 0.352 e. The van der Waals surface area contributed by atoms with E-state index < -0.39 is 0 Å². The van der Waals surface area contributed by atoms with Crippen molar-refractivity contribution in [1.82, 2.24) is 0 Å². The topological polar surface area (TPSA) is 42.2 Å². The molecule has 14 heavy (non-hydrogen) atoms. The Morgan fingerprint density at radius 1 is 1.36 bits per heavy atom. The number of hydrogen-bond acceptors (Lipinski definition) is 3. The van der Waals surface area contributed by atoms with Crippen LogP contribution in [-0.4, -0.2) is 14.2 Å². The molecule has 3 nitrogen and oxygen atoms in total. The first-order valence-corrected chi connectivity index (χ1v) is 4.33. The molecule has 0 spiro atoms. The van der Waals surface area contributed by atoms with Gasteiger partial charge < -0.3 is 9.47 Å². The van der Waals surface area contributed by atoms with Gasteiger partial charge in [0.15, 0.2) is 6.29 Å². The zero-order chi connectivity index (χ0) is 10.4. The standard InChI is InChI=1S/C11H13NO2/c1-13-11(14-2)10-5-3-4-9(8-10)6-7-12/h3-5,8,11H,6H2,1-2H3. The second kappa shape index (κ2) is 5.38. The molecule has 1 rings (SSSR count). The molecule has 74 valence electrons. The Bertz CT molecular complexity index is 326. The highest BCUT2D eigenvalue weighted by Crippen LogP contribution is 2.18. The molecule has 0 unspecified atom stereocenters. The van der Waals surface area contributed by atoms with Gasteiger partial charge in [0.2, 0.25) is 0 Å². The molecule has 0 radical (unpaired) electrons. The van der Waals surface area contributed by atoms with Crippen LogP contribution in [0.2, 0.25) is 0 Å². The molecule has 0 saturated heterocycles. The van der Waals surface area contributed by atoms with Gasteiger partial charge in [-0.1, -0.05) is 18.2 Å². The molecule has 0 fully saturated rings. The second-order valence-corrected chi connectivity index (χ2v) is 2.88. The molecule has 0 atom stereocenters. The van der Waals surface area contributed by atoms with Gasteiger partial charge >= 0.3 is 0 Å². The minimum atomic E-state index is -0.353. The first kappa shape index (κ1) is 10.7. The number of ether oxygens (including phenoxy) is 2. The van der Waals surface area contributed by atoms with Crippen molar-refractivity contribution in [2.75, 3.05) is 14.2 Å². The number of nitrogens with zero attached hydrogens (tertiary/aromatic N) is 1. The number of methoxy groups -OCH3 is 2. The van der Waals surface area contributed by atoms with Crippen LogP contribution in [0.25, 0.3) is 0 Å². The van der Waals surface area contributed by atoms with Gasteiger partial charge in [-0.05, 0) is 11.6 Å². The lowest BCUT2D eigenvalue weighted by atomic mass is 10.1. The molecule has 0 aliphatic heterocycles. The van der Waals surface area contributed by atoms with Gasteiger partial charge in [0.25, 0.3) is 0 Å². The van der Waals surface area contributed by atoms with E-state index in [-0.39, 0.29) is 6.29 Å². The van der Waals surface area contributed by atoms with Gasteiger partial charge in [0.1, 0.15) is 0 Å². The third-order valence-corrected chi connectivity index (χ3v) is 1.93. The highest BCUT2D eigenvalue weighted by molar-refractivity contribution is 5.26. The van der Waals surface area contributed by atoms with Crippen molar-refractivity contribution in [3.8, 4) is 6.07 Å². The highest BCUT2D eigenvalue weighted by atomic mass is 16.7. The van der Waals surface area contributed by atoms with Gasteiger partial charge in [-0.15, -0.1) is 0 Å². The summed E-state index contributed by atoms with van der Waals surface area (Å²) in [6, 6.07) is 9.74. The highest BCUT2D eigenvalue weighted by Gasteiger charge is 2.08. The third kappa shape index (κ3) is 2.56. The molecule has 0 N–H and O–H groups in total. The fourth-order valence-corrected chi connectivity index (χ4v) is 1.31. The Morgan fingerprint density at radius 3 is 2.64 bits per heavy atom. The van der Waals surface area contributed by atoms with Crippen LogP contribution >= 0.6 is 0 Å². The molecule has 0 saturated carbocycles. The Morgan fingerprint density at radius 2 is 2.07 bits per heavy atom. The molecule has 0 amide bonds. The lowest BCUT2D eigenvalue weighted by Crippen LogP contribution is -2.03. The Labute approximate surface area is 83.9 Å². The fourth-order valence-electron chi connectivity index (χ4n) is 1.31. The van der Waals surface area contributed by atoms with Crippen molar-refractivity contribution in [2.24, 2.45) is 0 Å². The van der Waals surface area contributed by atoms with E-state index in [0.717, 1.165) is 11.1 Å². The summed E-state index contributed by atoms with van der Waals surface area (Å²) >= 11 is 0. The van der Waals surface area contributed by atoms with E-state index in [9.17, 15) is 0 Å². The van der Waals surface area contributed by atoms with E-state index in [1.165, 1.54) is 0 Å². The zero-order valence-electron chi connectivity index (χ0n) is 8.36. The SMILES string of the molecule is COC(OC)c1cccc(CC#N)c1. The zero-order valence-corrected chi connectivity index (χ0v) is 8.36. The summed E-state index contributed by atoms with van der Waals surface area (Å²) in [5.41, 5.74) is 1.91. The minimum absolute atomic E-state index is 0.353. The quantitative estimate of drug-likeness (QED) is 0.684. The molecule has 0 aromatic heterocycles. The maximum Gasteiger partial charge on any atom is 0.183 e. The fraction of sp³-hybridized carbons (Fsp3) is 0.364. The van der Waals surface area contributed by atoms with Crippen LogP contribution in [0.5, 0.6) is 0 Å². The summed E-state index contributed by atoms with van der Waals surface area (Å²) in [6.07, 6.45) is 0.0576. The van der Waals surface area contributed by atoms with Crippen molar-refractivity contribution in [2.45, 2.75) is 12.7 Å². The molecule has 1 aromatic carbocycles. The lowest BCUT2D eigenvalue weighted by Gasteiger charge is -2.13. The van der Waals surface area contributed by atoms with Crippen LogP contribution in [-0.2, 0) is 15.9 Å². The maximum atomic E-state index is 8.55. The first-order valence-electron chi connectivity index (χ1n) is 4.33. The monoisotopic (exact) mass is 191 g/mol. The summed E-state index contributed by atoms with van der Waals surface area (Å²) in [4.78, 5) is 0. The van der Waals surface area contributed by atoms with Crippen molar-refractivity contribution >= 4 is 0 Å². The average molecular weight is 191 g/mol. The van der Waals surface area contributed by atoms with Gasteiger partial charge in [0.05, 0.1) is 12.5 Å². The lowest BCUT2D eigenvalue weighted by molar-refractivity contribution is -0.106. The van der Waals surface area contributed by atoms with E-state index in [1.807, 2.05) is 24.3 Å². The van der Waals surface area contributed by atoms with E-state index >= 15 is 0 Å². The molecule has 0 aliphatic carbocycles. The van der Waals surface area contributed by atoms with E-state index in [1.54, 1.807) is 14.2 Å². The minimum Gasteiger partial charge on any atom is -0.352 e. The summed E-state index contributed by atoms with van der Waals surface area (Å²) in [5, 5.41) is 8.55. The molecule has 0 aliphatic rings. The molecular formula is C11H13NO2. The molecule has 1 aromatic rings. The van der Waals surface area contributed by atoms with E-state index in [4.69, 9.17) is 14.7 Å². The van der Waals surface area contributed by atoms with Crippen LogP contribution in [0.15, 0.2) is 24.3 Å². The molecular weight excluding hydrogens is 178 g/mol. The molecule has 3 heteroatoms. The van der Waals surface area contributed by atoms with E-state index in [0.29, 0.717) is 6.42 Å². The maximum absolute atomic E-state index is 8.55. The van der Waals surface area contributed by atoms with E-state index in [2.05, 4.69) is 6.07 Å². The van der Waals surface area contributed by atoms with Gasteiger partial charge in [0, 0.05) is 19.8 Å². The number of benzene rings is 1.